The number of hydrogen-bond acceptors (Lipinski definition) is 5. The highest BCUT2D eigenvalue weighted by Crippen LogP contribution is 2.21. The zero-order valence-corrected chi connectivity index (χ0v) is 10.7. The topological polar surface area (TPSA) is 84.5 Å². The van der Waals surface area contributed by atoms with Gasteiger partial charge in [0.2, 0.25) is 0 Å². The number of nitrogens with zero attached hydrogens (tertiary/aromatic N) is 1. The van der Waals surface area contributed by atoms with Gasteiger partial charge >= 0.3 is 0 Å². The van der Waals surface area contributed by atoms with Crippen molar-refractivity contribution in [1.29, 1.82) is 0 Å². The Kier molecular flexibility index (Phi) is 3.58. The molecule has 0 radical (unpaired) electrons. The minimum Gasteiger partial charge on any atom is -0.398 e. The van der Waals surface area contributed by atoms with Gasteiger partial charge in [-0.1, -0.05) is 23.9 Å². The molecule has 1 heterocycles. The Morgan fingerprint density at radius 3 is 2.88 bits per heavy atom. The van der Waals surface area contributed by atoms with Crippen LogP contribution in [0.5, 0.6) is 0 Å². The largest absolute Gasteiger partial charge is 0.398 e. The summed E-state index contributed by atoms with van der Waals surface area (Å²) in [5.41, 5.74) is 5.99. The summed E-state index contributed by atoms with van der Waals surface area (Å²) in [5.74, 6) is 0. The summed E-state index contributed by atoms with van der Waals surface area (Å²) in [5, 5.41) is 2.20. The molecule has 2 rings (SSSR count). The van der Waals surface area contributed by atoms with Crippen LogP contribution in [0.15, 0.2) is 39.2 Å². The van der Waals surface area contributed by atoms with Crippen molar-refractivity contribution in [3.63, 3.8) is 0 Å². The number of amidine groups is 1. The Labute approximate surface area is 105 Å². The van der Waals surface area contributed by atoms with Crippen LogP contribution in [0.1, 0.15) is 12.8 Å². The first-order valence-electron chi connectivity index (χ1n) is 5.14. The lowest BCUT2D eigenvalue weighted by Crippen LogP contribution is -2.31. The van der Waals surface area contributed by atoms with E-state index in [1.807, 2.05) is 17.6 Å². The van der Waals surface area contributed by atoms with Crippen LogP contribution in [-0.4, -0.2) is 20.1 Å². The average Bonchev–Trinajstić information content (AvgIpc) is 2.30. The van der Waals surface area contributed by atoms with Gasteiger partial charge in [-0.2, -0.15) is 0 Å². The summed E-state index contributed by atoms with van der Waals surface area (Å²) in [6, 6.07) is 0. The van der Waals surface area contributed by atoms with Gasteiger partial charge in [0.15, 0.2) is 5.17 Å². The van der Waals surface area contributed by atoms with Crippen molar-refractivity contribution in [3.8, 4) is 0 Å². The molecular formula is C10H13N3O2S2. The molecule has 17 heavy (non-hydrogen) atoms. The fourth-order valence-electron chi connectivity index (χ4n) is 1.51. The molecule has 3 N–H and O–H groups in total. The summed E-state index contributed by atoms with van der Waals surface area (Å²) in [7, 11) is -3.56. The van der Waals surface area contributed by atoms with Crippen LogP contribution in [0.3, 0.4) is 0 Å². The first-order valence-corrected chi connectivity index (χ1v) is 7.50. The van der Waals surface area contributed by atoms with E-state index in [0.717, 1.165) is 0 Å². The van der Waals surface area contributed by atoms with Gasteiger partial charge in [-0.15, -0.1) is 0 Å². The first kappa shape index (κ1) is 12.3. The van der Waals surface area contributed by atoms with Crippen LogP contribution >= 0.6 is 11.8 Å². The van der Waals surface area contributed by atoms with Crippen molar-refractivity contribution in [2.75, 3.05) is 6.54 Å². The molecule has 0 saturated carbocycles. The SMILES string of the molecule is NC1=C(S(=O)(=O)NC2=NCC=CS2)CCC=C1. The molecule has 0 atom stereocenters. The monoisotopic (exact) mass is 271 g/mol. The van der Waals surface area contributed by atoms with Crippen molar-refractivity contribution in [2.45, 2.75) is 12.8 Å². The van der Waals surface area contributed by atoms with Crippen LogP contribution in [0, 0.1) is 0 Å². The first-order chi connectivity index (χ1) is 8.09. The maximum Gasteiger partial charge on any atom is 0.261 e. The van der Waals surface area contributed by atoms with Gasteiger partial charge in [0.1, 0.15) is 0 Å². The summed E-state index contributed by atoms with van der Waals surface area (Å²) in [6.45, 7) is 0.499. The number of thioether (sulfide) groups is 1. The number of allylic oxidation sites excluding steroid dienone is 3. The molecule has 0 aromatic rings. The molecule has 1 aliphatic heterocycles. The molecule has 0 bridgehead atoms. The molecule has 1 aliphatic carbocycles. The third kappa shape index (κ3) is 2.92. The number of nitrogens with two attached hydrogens (primary N) is 1. The Bertz CT molecular complexity index is 530. The molecule has 0 saturated heterocycles. The minimum absolute atomic E-state index is 0.248. The van der Waals surface area contributed by atoms with Gasteiger partial charge in [0.25, 0.3) is 10.0 Å². The minimum atomic E-state index is -3.56. The maximum absolute atomic E-state index is 12.1. The van der Waals surface area contributed by atoms with E-state index in [9.17, 15) is 8.42 Å². The van der Waals surface area contributed by atoms with Crippen LogP contribution in [0.25, 0.3) is 0 Å². The second-order valence-electron chi connectivity index (χ2n) is 3.56. The number of rotatable bonds is 2. The normalized spacial score (nSPS) is 20.4. The van der Waals surface area contributed by atoms with Crippen molar-refractivity contribution in [3.05, 3.63) is 34.2 Å². The van der Waals surface area contributed by atoms with Gasteiger partial charge in [-0.05, 0) is 24.3 Å². The summed E-state index contributed by atoms with van der Waals surface area (Å²) in [6.07, 6.45) is 6.49. The van der Waals surface area contributed by atoms with Gasteiger partial charge < -0.3 is 5.73 Å². The second-order valence-corrected chi connectivity index (χ2v) is 6.16. The van der Waals surface area contributed by atoms with Gasteiger partial charge in [0, 0.05) is 5.70 Å². The van der Waals surface area contributed by atoms with Gasteiger partial charge in [-0.3, -0.25) is 9.71 Å². The summed E-state index contributed by atoms with van der Waals surface area (Å²) < 4.78 is 26.6. The van der Waals surface area contributed by atoms with E-state index >= 15 is 0 Å². The molecule has 0 aromatic heterocycles. The number of aliphatic imine (C=N–C) groups is 1. The van der Waals surface area contributed by atoms with Gasteiger partial charge in [-0.25, -0.2) is 8.42 Å². The highest BCUT2D eigenvalue weighted by atomic mass is 32.2. The van der Waals surface area contributed by atoms with Crippen LogP contribution in [-0.2, 0) is 10.0 Å². The predicted octanol–water partition coefficient (Wildman–Crippen LogP) is 1.04. The van der Waals surface area contributed by atoms with Crippen LogP contribution < -0.4 is 10.5 Å². The number of sulfonamides is 1. The average molecular weight is 271 g/mol. The van der Waals surface area contributed by atoms with Crippen molar-refractivity contribution in [2.24, 2.45) is 10.7 Å². The van der Waals surface area contributed by atoms with Crippen molar-refractivity contribution in [1.82, 2.24) is 4.72 Å². The molecule has 2 aliphatic rings. The maximum atomic E-state index is 12.1. The highest BCUT2D eigenvalue weighted by molar-refractivity contribution is 8.17. The Morgan fingerprint density at radius 2 is 2.24 bits per heavy atom. The van der Waals surface area contributed by atoms with Crippen LogP contribution in [0.2, 0.25) is 0 Å². The van der Waals surface area contributed by atoms with Crippen LogP contribution in [0.4, 0.5) is 0 Å². The van der Waals surface area contributed by atoms with E-state index in [2.05, 4.69) is 9.71 Å². The fourth-order valence-corrected chi connectivity index (χ4v) is 3.68. The number of hydrogen-bond donors (Lipinski definition) is 2. The van der Waals surface area contributed by atoms with E-state index in [0.29, 0.717) is 30.3 Å². The lowest BCUT2D eigenvalue weighted by molar-refractivity contribution is 0.596. The third-order valence-corrected chi connectivity index (χ3v) is 4.78. The molecule has 0 amide bonds. The molecule has 92 valence electrons. The zero-order valence-electron chi connectivity index (χ0n) is 9.09. The van der Waals surface area contributed by atoms with E-state index < -0.39 is 10.0 Å². The lowest BCUT2D eigenvalue weighted by Gasteiger charge is -2.16. The third-order valence-electron chi connectivity index (χ3n) is 2.32. The molecule has 0 unspecified atom stereocenters. The van der Waals surface area contributed by atoms with E-state index in [-0.39, 0.29) is 4.91 Å². The summed E-state index contributed by atoms with van der Waals surface area (Å²) >= 11 is 1.25. The summed E-state index contributed by atoms with van der Waals surface area (Å²) in [4.78, 5) is 4.30. The molecule has 0 aromatic carbocycles. The van der Waals surface area contributed by atoms with E-state index in [1.165, 1.54) is 11.8 Å². The molecular weight excluding hydrogens is 258 g/mol. The van der Waals surface area contributed by atoms with Crippen molar-refractivity contribution >= 4 is 27.0 Å². The van der Waals surface area contributed by atoms with Crippen molar-refractivity contribution < 1.29 is 8.42 Å². The predicted molar refractivity (Wildman–Crippen MR) is 70.7 cm³/mol. The zero-order chi connectivity index (χ0) is 12.3. The Balaban J connectivity index is 2.19. The standard InChI is InChI=1S/C10H13N3O2S2/c11-8-4-1-2-5-9(8)17(14,15)13-10-12-6-3-7-16-10/h1,3-4,7H,2,5-6,11H2,(H,12,13). The quantitative estimate of drug-likeness (QED) is 0.786. The Morgan fingerprint density at radius 1 is 1.41 bits per heavy atom. The molecule has 7 heteroatoms. The smallest absolute Gasteiger partial charge is 0.261 e. The lowest BCUT2D eigenvalue weighted by atomic mass is 10.1. The molecule has 0 fully saturated rings. The van der Waals surface area contributed by atoms with E-state index in [4.69, 9.17) is 5.73 Å². The van der Waals surface area contributed by atoms with E-state index in [1.54, 1.807) is 6.08 Å². The molecule has 0 spiro atoms. The fraction of sp³-hybridized carbons (Fsp3) is 0.300. The van der Waals surface area contributed by atoms with Gasteiger partial charge in [0.05, 0.1) is 11.4 Å². The highest BCUT2D eigenvalue weighted by Gasteiger charge is 2.23. The molecule has 5 nitrogen and oxygen atoms in total. The number of nitrogens with one attached hydrogen (secondary N) is 1. The Hall–Kier alpha value is -1.21. The second kappa shape index (κ2) is 4.97.